The zero-order chi connectivity index (χ0) is 26.0. The van der Waals surface area contributed by atoms with Gasteiger partial charge in [0.05, 0.1) is 19.2 Å². The predicted molar refractivity (Wildman–Crippen MR) is 130 cm³/mol. The lowest BCUT2D eigenvalue weighted by molar-refractivity contribution is 0.0950. The second-order valence-electron chi connectivity index (χ2n) is 7.99. The summed E-state index contributed by atoms with van der Waals surface area (Å²) in [6.45, 7) is 1.47. The normalized spacial score (nSPS) is 19.3. The van der Waals surface area contributed by atoms with Crippen LogP contribution in [0.3, 0.4) is 0 Å². The molecule has 1 aliphatic carbocycles. The van der Waals surface area contributed by atoms with Gasteiger partial charge in [-0.3, -0.25) is 9.29 Å². The second-order valence-corrected chi connectivity index (χ2v) is 11.1. The molecule has 0 radical (unpaired) electrons. The van der Waals surface area contributed by atoms with E-state index < -0.39 is 21.4 Å². The van der Waals surface area contributed by atoms with Gasteiger partial charge >= 0.3 is 0 Å². The van der Waals surface area contributed by atoms with Gasteiger partial charge in [0.1, 0.15) is 23.5 Å². The van der Waals surface area contributed by atoms with Crippen molar-refractivity contribution in [3.63, 3.8) is 0 Å². The number of nitrogens with zero attached hydrogens (tertiary/aromatic N) is 7. The van der Waals surface area contributed by atoms with Crippen molar-refractivity contribution in [3.8, 4) is 17.4 Å². The first-order valence-electron chi connectivity index (χ1n) is 10.7. The van der Waals surface area contributed by atoms with Crippen LogP contribution in [0.2, 0.25) is 5.02 Å². The first kappa shape index (κ1) is 26.3. The van der Waals surface area contributed by atoms with Crippen LogP contribution in [0.25, 0.3) is 5.69 Å². The molecule has 1 saturated carbocycles. The highest BCUT2D eigenvalue weighted by Crippen LogP contribution is 2.43. The Morgan fingerprint density at radius 1 is 1.06 bits per heavy atom. The molecule has 0 bridgehead atoms. The second kappa shape index (κ2) is 10.7. The monoisotopic (exact) mass is 558 g/mol. The van der Waals surface area contributed by atoms with Crippen molar-refractivity contribution in [2.24, 2.45) is 0 Å². The van der Waals surface area contributed by atoms with Crippen molar-refractivity contribution < 1.29 is 22.6 Å². The number of nitrogens with one attached hydrogen (secondary N) is 1. The van der Waals surface area contributed by atoms with Crippen LogP contribution in [0.1, 0.15) is 43.4 Å². The van der Waals surface area contributed by atoms with Crippen LogP contribution in [0.5, 0.6) is 11.8 Å². The van der Waals surface area contributed by atoms with Gasteiger partial charge in [0, 0.05) is 30.8 Å². The number of anilines is 1. The number of aromatic nitrogens is 7. The maximum atomic E-state index is 13.5. The van der Waals surface area contributed by atoms with E-state index in [1.807, 2.05) is 0 Å². The molecule has 0 amide bonds. The number of halogens is 2. The third-order valence-corrected chi connectivity index (χ3v) is 8.04. The standard InChI is InChI=1S/C20H24Cl2N8O5S/c1-10(15(33-2)16-23-7-13(22)8-24-16)36(31,32)29-20-28-27-17(11-5-12(21)6-11)30(20)14-18(34-3)25-9-26-19(14)35-4/h7-12,15H,5-6H2,1-4H3,(H,28,29)/t10-,11-,12+,15-/m0/s1. The van der Waals surface area contributed by atoms with Crippen molar-refractivity contribution in [2.45, 2.75) is 42.4 Å². The highest BCUT2D eigenvalue weighted by Gasteiger charge is 2.38. The Morgan fingerprint density at radius 2 is 1.67 bits per heavy atom. The van der Waals surface area contributed by atoms with Gasteiger partial charge in [-0.15, -0.1) is 21.8 Å². The van der Waals surface area contributed by atoms with Gasteiger partial charge in [0.15, 0.2) is 11.5 Å². The van der Waals surface area contributed by atoms with Crippen molar-refractivity contribution in [1.29, 1.82) is 0 Å². The molecule has 4 rings (SSSR count). The van der Waals surface area contributed by atoms with Gasteiger partial charge in [-0.05, 0) is 19.8 Å². The van der Waals surface area contributed by atoms with Gasteiger partial charge in [0.2, 0.25) is 27.7 Å². The Morgan fingerprint density at radius 3 is 2.19 bits per heavy atom. The van der Waals surface area contributed by atoms with E-state index >= 15 is 0 Å². The van der Waals surface area contributed by atoms with Crippen LogP contribution in [-0.4, -0.2) is 75.1 Å². The number of sulfonamides is 1. The Labute approximate surface area is 217 Å². The minimum atomic E-state index is -4.12. The van der Waals surface area contributed by atoms with Crippen LogP contribution in [0.15, 0.2) is 18.7 Å². The molecule has 0 saturated heterocycles. The van der Waals surface area contributed by atoms with Crippen LogP contribution in [0, 0.1) is 0 Å². The molecule has 1 fully saturated rings. The number of rotatable bonds is 10. The Hall–Kier alpha value is -2.81. The summed E-state index contributed by atoms with van der Waals surface area (Å²) in [6.07, 6.45) is 4.28. The average molecular weight is 559 g/mol. The third-order valence-electron chi connectivity index (χ3n) is 5.80. The van der Waals surface area contributed by atoms with Crippen LogP contribution in [-0.2, 0) is 14.8 Å². The van der Waals surface area contributed by atoms with E-state index in [1.54, 1.807) is 0 Å². The quantitative estimate of drug-likeness (QED) is 0.364. The molecule has 0 spiro atoms. The average Bonchev–Trinajstić information content (AvgIpc) is 3.24. The van der Waals surface area contributed by atoms with Gasteiger partial charge in [-0.2, -0.15) is 9.97 Å². The molecular weight excluding hydrogens is 535 g/mol. The molecule has 194 valence electrons. The van der Waals surface area contributed by atoms with E-state index in [2.05, 4.69) is 34.9 Å². The number of hydrogen-bond donors (Lipinski definition) is 1. The highest BCUT2D eigenvalue weighted by atomic mass is 35.5. The fraction of sp³-hybridized carbons (Fsp3) is 0.500. The smallest absolute Gasteiger partial charge is 0.245 e. The maximum absolute atomic E-state index is 13.5. The first-order valence-corrected chi connectivity index (χ1v) is 13.1. The summed E-state index contributed by atoms with van der Waals surface area (Å²) >= 11 is 12.1. The molecule has 1 N–H and O–H groups in total. The van der Waals surface area contributed by atoms with E-state index in [1.165, 1.54) is 51.5 Å². The molecule has 3 aromatic rings. The Balaban J connectivity index is 1.76. The number of methoxy groups -OCH3 is 3. The summed E-state index contributed by atoms with van der Waals surface area (Å²) in [5, 5.41) is 7.56. The van der Waals surface area contributed by atoms with Gasteiger partial charge in [0.25, 0.3) is 0 Å². The zero-order valence-electron chi connectivity index (χ0n) is 19.8. The van der Waals surface area contributed by atoms with Crippen molar-refractivity contribution in [2.75, 3.05) is 26.1 Å². The lowest BCUT2D eigenvalue weighted by atomic mass is 9.84. The molecule has 3 aromatic heterocycles. The number of hydrogen-bond acceptors (Lipinski definition) is 11. The summed E-state index contributed by atoms with van der Waals surface area (Å²) in [5.41, 5.74) is 0.246. The maximum Gasteiger partial charge on any atom is 0.245 e. The molecule has 2 atom stereocenters. The molecular formula is C20H24Cl2N8O5S. The minimum absolute atomic E-state index is 0.0158. The molecule has 0 aromatic carbocycles. The summed E-state index contributed by atoms with van der Waals surface area (Å²) in [7, 11) is 0.0928. The summed E-state index contributed by atoms with van der Waals surface area (Å²) in [6, 6.07) is 0. The molecule has 3 heterocycles. The Bertz CT molecular complexity index is 1300. The Kier molecular flexibility index (Phi) is 7.78. The molecule has 1 aliphatic rings. The lowest BCUT2D eigenvalue weighted by Crippen LogP contribution is -2.33. The van der Waals surface area contributed by atoms with E-state index in [0.717, 1.165) is 0 Å². The molecule has 0 aliphatic heterocycles. The van der Waals surface area contributed by atoms with Crippen LogP contribution >= 0.6 is 23.2 Å². The lowest BCUT2D eigenvalue weighted by Gasteiger charge is -2.30. The SMILES string of the molecule is COc1ncnc(OC)c1-n1c(NS(=O)(=O)[C@@H](C)[C@H](OC)c2ncc(Cl)cn2)nnc1[C@H]1C[C@@H](Cl)C1. The fourth-order valence-corrected chi connectivity index (χ4v) is 5.46. The van der Waals surface area contributed by atoms with Gasteiger partial charge in [-0.25, -0.2) is 18.4 Å². The van der Waals surface area contributed by atoms with Crippen molar-refractivity contribution in [1.82, 2.24) is 34.7 Å². The van der Waals surface area contributed by atoms with Crippen molar-refractivity contribution in [3.05, 3.63) is 35.4 Å². The zero-order valence-corrected chi connectivity index (χ0v) is 22.1. The van der Waals surface area contributed by atoms with Gasteiger partial charge < -0.3 is 14.2 Å². The number of ether oxygens (including phenoxy) is 3. The third kappa shape index (κ3) is 5.03. The number of alkyl halides is 1. The summed E-state index contributed by atoms with van der Waals surface area (Å²) in [4.78, 5) is 16.5. The van der Waals surface area contributed by atoms with E-state index in [0.29, 0.717) is 23.7 Å². The summed E-state index contributed by atoms with van der Waals surface area (Å²) in [5.74, 6) is 0.731. The summed E-state index contributed by atoms with van der Waals surface area (Å²) < 4.78 is 47.2. The van der Waals surface area contributed by atoms with E-state index in [9.17, 15) is 8.42 Å². The molecule has 13 nitrogen and oxygen atoms in total. The molecule has 16 heteroatoms. The van der Waals surface area contributed by atoms with Crippen molar-refractivity contribution >= 4 is 39.2 Å². The topological polar surface area (TPSA) is 156 Å². The predicted octanol–water partition coefficient (Wildman–Crippen LogP) is 2.52. The largest absolute Gasteiger partial charge is 0.479 e. The van der Waals surface area contributed by atoms with Crippen LogP contribution in [0.4, 0.5) is 5.95 Å². The van der Waals surface area contributed by atoms with Crippen LogP contribution < -0.4 is 14.2 Å². The fourth-order valence-electron chi connectivity index (χ4n) is 3.80. The first-order chi connectivity index (χ1) is 17.2. The molecule has 36 heavy (non-hydrogen) atoms. The van der Waals surface area contributed by atoms with E-state index in [-0.39, 0.29) is 40.5 Å². The minimum Gasteiger partial charge on any atom is -0.479 e. The highest BCUT2D eigenvalue weighted by molar-refractivity contribution is 7.93. The van der Waals surface area contributed by atoms with E-state index in [4.69, 9.17) is 37.4 Å². The van der Waals surface area contributed by atoms with Gasteiger partial charge in [-0.1, -0.05) is 11.6 Å². The molecule has 0 unspecified atom stereocenters.